The molecule has 0 radical (unpaired) electrons. The number of anilines is 1. The summed E-state index contributed by atoms with van der Waals surface area (Å²) >= 11 is 6.39. The van der Waals surface area contributed by atoms with E-state index in [1.807, 2.05) is 24.3 Å². The molecule has 5 heteroatoms. The van der Waals surface area contributed by atoms with Crippen LogP contribution in [0.15, 0.2) is 36.5 Å². The average molecular weight is 368 g/mol. The van der Waals surface area contributed by atoms with Gasteiger partial charge in [0, 0.05) is 31.4 Å². The Morgan fingerprint density at radius 3 is 2.62 bits per heavy atom. The van der Waals surface area contributed by atoms with Crippen molar-refractivity contribution in [2.75, 3.05) is 18.0 Å². The van der Waals surface area contributed by atoms with E-state index >= 15 is 0 Å². The fourth-order valence-electron chi connectivity index (χ4n) is 4.05. The van der Waals surface area contributed by atoms with E-state index in [1.165, 1.54) is 32.1 Å². The number of pyridine rings is 1. The third-order valence-corrected chi connectivity index (χ3v) is 6.14. The van der Waals surface area contributed by atoms with E-state index in [2.05, 4.69) is 16.0 Å². The molecule has 2 aliphatic rings. The summed E-state index contributed by atoms with van der Waals surface area (Å²) in [6, 6.07) is 11.7. The first kappa shape index (κ1) is 17.2. The zero-order valence-corrected chi connectivity index (χ0v) is 15.5. The first-order valence-electron chi connectivity index (χ1n) is 9.20. The van der Waals surface area contributed by atoms with Crippen molar-refractivity contribution < 1.29 is 4.74 Å². The number of benzene rings is 1. The van der Waals surface area contributed by atoms with Crippen LogP contribution >= 0.6 is 11.6 Å². The van der Waals surface area contributed by atoms with Crippen molar-refractivity contribution in [1.82, 2.24) is 4.98 Å². The lowest BCUT2D eigenvalue weighted by atomic mass is 9.63. The van der Waals surface area contributed by atoms with Gasteiger partial charge in [-0.1, -0.05) is 24.1 Å². The maximum absolute atomic E-state index is 9.58. The van der Waals surface area contributed by atoms with E-state index in [4.69, 9.17) is 16.3 Å². The Bertz CT molecular complexity index is 817. The maximum Gasteiger partial charge on any atom is 0.130 e. The Morgan fingerprint density at radius 2 is 2.00 bits per heavy atom. The molecule has 134 valence electrons. The molecule has 26 heavy (non-hydrogen) atoms. The minimum absolute atomic E-state index is 0.381. The van der Waals surface area contributed by atoms with Gasteiger partial charge in [-0.2, -0.15) is 5.26 Å². The zero-order valence-electron chi connectivity index (χ0n) is 14.7. The SMILES string of the molecule is N#Cc1c(Cl)cc(OCc2ccccn2)cc1N1CCC2(CCC2)CC1. The van der Waals surface area contributed by atoms with Gasteiger partial charge in [0.15, 0.2) is 0 Å². The summed E-state index contributed by atoms with van der Waals surface area (Å²) < 4.78 is 5.89. The monoisotopic (exact) mass is 367 g/mol. The van der Waals surface area contributed by atoms with Gasteiger partial charge in [-0.15, -0.1) is 0 Å². The van der Waals surface area contributed by atoms with Gasteiger partial charge in [-0.25, -0.2) is 0 Å². The van der Waals surface area contributed by atoms with Crippen molar-refractivity contribution in [1.29, 1.82) is 5.26 Å². The summed E-state index contributed by atoms with van der Waals surface area (Å²) in [6.07, 6.45) is 8.24. The average Bonchev–Trinajstić information content (AvgIpc) is 2.65. The molecule has 0 bridgehead atoms. The number of ether oxygens (including phenoxy) is 1. The van der Waals surface area contributed by atoms with Crippen LogP contribution < -0.4 is 9.64 Å². The molecule has 2 aromatic rings. The first-order valence-corrected chi connectivity index (χ1v) is 9.58. The normalized spacial score (nSPS) is 18.2. The number of rotatable bonds is 4. The Morgan fingerprint density at radius 1 is 1.19 bits per heavy atom. The summed E-state index contributed by atoms with van der Waals surface area (Å²) in [5.41, 5.74) is 2.87. The van der Waals surface area contributed by atoms with Crippen LogP contribution in [0.25, 0.3) is 0 Å². The Kier molecular flexibility index (Phi) is 4.74. The predicted molar refractivity (Wildman–Crippen MR) is 102 cm³/mol. The summed E-state index contributed by atoms with van der Waals surface area (Å²) in [7, 11) is 0. The third kappa shape index (κ3) is 3.37. The fourth-order valence-corrected chi connectivity index (χ4v) is 4.30. The molecule has 4 nitrogen and oxygen atoms in total. The van der Waals surface area contributed by atoms with Gasteiger partial charge in [0.25, 0.3) is 0 Å². The number of aromatic nitrogens is 1. The fraction of sp³-hybridized carbons (Fsp3) is 0.429. The lowest BCUT2D eigenvalue weighted by molar-refractivity contribution is 0.0955. The third-order valence-electron chi connectivity index (χ3n) is 5.85. The molecule has 1 aromatic heterocycles. The molecule has 4 rings (SSSR count). The Hall–Kier alpha value is -2.25. The molecule has 2 heterocycles. The van der Waals surface area contributed by atoms with E-state index in [-0.39, 0.29) is 0 Å². The quantitative estimate of drug-likeness (QED) is 0.766. The molecule has 0 unspecified atom stereocenters. The lowest BCUT2D eigenvalue weighted by Crippen LogP contribution is -2.43. The number of hydrogen-bond acceptors (Lipinski definition) is 4. The second-order valence-electron chi connectivity index (χ2n) is 7.36. The smallest absolute Gasteiger partial charge is 0.130 e. The number of nitrogens with zero attached hydrogens (tertiary/aromatic N) is 3. The van der Waals surface area contributed by atoms with Gasteiger partial charge >= 0.3 is 0 Å². The van der Waals surface area contributed by atoms with Crippen molar-refractivity contribution >= 4 is 17.3 Å². The Labute approximate surface area is 159 Å². The number of piperidine rings is 1. The van der Waals surface area contributed by atoms with Crippen LogP contribution in [0.3, 0.4) is 0 Å². The van der Waals surface area contributed by atoms with Gasteiger partial charge in [-0.05, 0) is 43.2 Å². The molecule has 1 aliphatic heterocycles. The summed E-state index contributed by atoms with van der Waals surface area (Å²) in [5, 5.41) is 10.0. The van der Waals surface area contributed by atoms with Crippen LogP contribution in [0, 0.1) is 16.7 Å². The van der Waals surface area contributed by atoms with Crippen molar-refractivity contribution in [3.05, 3.63) is 52.8 Å². The van der Waals surface area contributed by atoms with Gasteiger partial charge in [0.1, 0.15) is 18.4 Å². The number of nitriles is 1. The molecular weight excluding hydrogens is 346 g/mol. The van der Waals surface area contributed by atoms with E-state index in [0.29, 0.717) is 28.4 Å². The minimum atomic E-state index is 0.381. The molecule has 2 fully saturated rings. The lowest BCUT2D eigenvalue weighted by Gasteiger charge is -2.48. The topological polar surface area (TPSA) is 49.1 Å². The van der Waals surface area contributed by atoms with Crippen molar-refractivity contribution in [3.63, 3.8) is 0 Å². The minimum Gasteiger partial charge on any atom is -0.487 e. The van der Waals surface area contributed by atoms with Crippen molar-refractivity contribution in [2.24, 2.45) is 5.41 Å². The van der Waals surface area contributed by atoms with Crippen LogP contribution in [0.4, 0.5) is 5.69 Å². The van der Waals surface area contributed by atoms with Crippen LogP contribution in [0.5, 0.6) is 5.75 Å². The molecule has 0 atom stereocenters. The highest BCUT2D eigenvalue weighted by atomic mass is 35.5. The second-order valence-corrected chi connectivity index (χ2v) is 7.77. The second kappa shape index (κ2) is 7.17. The molecule has 1 aromatic carbocycles. The van der Waals surface area contributed by atoms with Crippen LogP contribution in [0.2, 0.25) is 5.02 Å². The highest BCUT2D eigenvalue weighted by Crippen LogP contribution is 2.49. The van der Waals surface area contributed by atoms with Crippen molar-refractivity contribution in [3.8, 4) is 11.8 Å². The largest absolute Gasteiger partial charge is 0.487 e. The van der Waals surface area contributed by atoms with Crippen molar-refractivity contribution in [2.45, 2.75) is 38.7 Å². The standard InChI is InChI=1S/C21H22ClN3O/c22-19-12-17(26-15-16-4-1-2-9-24-16)13-20(18(19)14-23)25-10-7-21(8-11-25)5-3-6-21/h1-2,4,9,12-13H,3,5-8,10-11,15H2. The summed E-state index contributed by atoms with van der Waals surface area (Å²) in [6.45, 7) is 2.34. The van der Waals surface area contributed by atoms with Gasteiger partial charge in [-0.3, -0.25) is 4.98 Å². The highest BCUT2D eigenvalue weighted by Gasteiger charge is 2.39. The molecule has 1 saturated heterocycles. The van der Waals surface area contributed by atoms with E-state index in [1.54, 1.807) is 12.3 Å². The molecular formula is C21H22ClN3O. The maximum atomic E-state index is 9.58. The zero-order chi connectivity index (χ0) is 18.0. The predicted octanol–water partition coefficient (Wildman–Crippen LogP) is 4.96. The van der Waals surface area contributed by atoms with Gasteiger partial charge in [0.05, 0.1) is 22.0 Å². The Balaban J connectivity index is 1.53. The van der Waals surface area contributed by atoms with Crippen LogP contribution in [-0.4, -0.2) is 18.1 Å². The highest BCUT2D eigenvalue weighted by molar-refractivity contribution is 6.32. The van der Waals surface area contributed by atoms with Gasteiger partial charge in [0.2, 0.25) is 0 Å². The first-order chi connectivity index (χ1) is 12.7. The van der Waals surface area contributed by atoms with Crippen LogP contribution in [-0.2, 0) is 6.61 Å². The molecule has 1 spiro atoms. The van der Waals surface area contributed by atoms with E-state index < -0.39 is 0 Å². The summed E-state index contributed by atoms with van der Waals surface area (Å²) in [4.78, 5) is 6.57. The van der Waals surface area contributed by atoms with Crippen LogP contribution in [0.1, 0.15) is 43.4 Å². The molecule has 0 N–H and O–H groups in total. The molecule has 1 saturated carbocycles. The number of hydrogen-bond donors (Lipinski definition) is 0. The number of halogens is 1. The van der Waals surface area contributed by atoms with Gasteiger partial charge < -0.3 is 9.64 Å². The molecule has 1 aliphatic carbocycles. The van der Waals surface area contributed by atoms with E-state index in [9.17, 15) is 5.26 Å². The van der Waals surface area contributed by atoms with E-state index in [0.717, 1.165) is 24.5 Å². The molecule has 0 amide bonds. The summed E-state index contributed by atoms with van der Waals surface area (Å²) in [5.74, 6) is 0.679.